The van der Waals surface area contributed by atoms with Gasteiger partial charge in [-0.1, -0.05) is 11.6 Å². The second-order valence-corrected chi connectivity index (χ2v) is 6.44. The smallest absolute Gasteiger partial charge is 0.258 e. The molecule has 1 aliphatic carbocycles. The van der Waals surface area contributed by atoms with Gasteiger partial charge in [0.15, 0.2) is 5.82 Å². The fraction of sp³-hybridized carbons (Fsp3) is 0.235. The molecule has 4 rings (SSSR count). The van der Waals surface area contributed by atoms with E-state index in [4.69, 9.17) is 17.3 Å². The maximum atomic E-state index is 14.6. The van der Waals surface area contributed by atoms with Crippen LogP contribution in [0.1, 0.15) is 24.5 Å². The zero-order valence-corrected chi connectivity index (χ0v) is 13.6. The second-order valence-electron chi connectivity index (χ2n) is 6.06. The highest BCUT2D eigenvalue weighted by molar-refractivity contribution is 6.33. The monoisotopic (exact) mass is 344 g/mol. The lowest BCUT2D eigenvalue weighted by Crippen LogP contribution is -2.15. The van der Waals surface area contributed by atoms with Crippen LogP contribution in [0.15, 0.2) is 29.2 Å². The number of fused-ring (bicyclic) bond motifs is 1. The van der Waals surface area contributed by atoms with Crippen molar-refractivity contribution in [2.45, 2.75) is 18.8 Å². The molecule has 5 nitrogen and oxygen atoms in total. The van der Waals surface area contributed by atoms with Crippen LogP contribution in [0.5, 0.6) is 0 Å². The molecule has 1 fully saturated rings. The number of hydrogen-bond acceptors (Lipinski definition) is 4. The number of aromatic nitrogens is 3. The Hall–Kier alpha value is -2.47. The summed E-state index contributed by atoms with van der Waals surface area (Å²) in [5.41, 5.74) is 6.49. The maximum Gasteiger partial charge on any atom is 0.258 e. The van der Waals surface area contributed by atoms with Crippen LogP contribution in [0.2, 0.25) is 5.02 Å². The summed E-state index contributed by atoms with van der Waals surface area (Å²) in [7, 11) is 1.62. The topological polar surface area (TPSA) is 73.8 Å². The Labute approximate surface area is 141 Å². The lowest BCUT2D eigenvalue weighted by atomic mass is 10.1. The number of nitrogen functional groups attached to an aromatic ring is 1. The normalized spacial score (nSPS) is 14.3. The minimum Gasteiger partial charge on any atom is -0.382 e. The minimum absolute atomic E-state index is 0.145. The van der Waals surface area contributed by atoms with Crippen molar-refractivity contribution in [3.63, 3.8) is 0 Å². The van der Waals surface area contributed by atoms with Crippen LogP contribution in [0.4, 0.5) is 10.2 Å². The van der Waals surface area contributed by atoms with Gasteiger partial charge in [-0.3, -0.25) is 4.79 Å². The Bertz CT molecular complexity index is 1040. The van der Waals surface area contributed by atoms with Crippen molar-refractivity contribution in [2.24, 2.45) is 7.05 Å². The van der Waals surface area contributed by atoms with Gasteiger partial charge in [-0.15, -0.1) is 0 Å². The minimum atomic E-state index is -0.561. The highest BCUT2D eigenvalue weighted by Crippen LogP contribution is 2.44. The molecule has 0 atom stereocenters. The molecule has 0 spiro atoms. The standard InChI is InChI=1S/C17H14ClFN4O/c1-23-5-4-9-6-11(12(19)7-10(9)17(23)24)16-21-14(8-2-3-8)13(18)15(20)22-16/h4-8H,2-3H2,1H3,(H2,20,21,22). The second kappa shape index (κ2) is 5.27. The largest absolute Gasteiger partial charge is 0.382 e. The molecule has 0 radical (unpaired) electrons. The molecule has 7 heteroatoms. The predicted molar refractivity (Wildman–Crippen MR) is 91.6 cm³/mol. The van der Waals surface area contributed by atoms with Gasteiger partial charge < -0.3 is 10.3 Å². The maximum absolute atomic E-state index is 14.6. The van der Waals surface area contributed by atoms with E-state index in [0.29, 0.717) is 21.5 Å². The third-order valence-corrected chi connectivity index (χ3v) is 4.66. The highest BCUT2D eigenvalue weighted by atomic mass is 35.5. The first kappa shape index (κ1) is 15.1. The van der Waals surface area contributed by atoms with E-state index in [9.17, 15) is 9.18 Å². The first-order valence-corrected chi connectivity index (χ1v) is 7.95. The van der Waals surface area contributed by atoms with E-state index in [2.05, 4.69) is 9.97 Å². The van der Waals surface area contributed by atoms with Crippen molar-refractivity contribution in [1.29, 1.82) is 0 Å². The average Bonchev–Trinajstić information content (AvgIpc) is 3.38. The lowest BCUT2D eigenvalue weighted by Gasteiger charge is -2.10. The van der Waals surface area contributed by atoms with E-state index >= 15 is 0 Å². The number of pyridine rings is 1. The molecule has 3 aromatic rings. The lowest BCUT2D eigenvalue weighted by molar-refractivity contribution is 0.631. The fourth-order valence-electron chi connectivity index (χ4n) is 2.76. The molecule has 0 unspecified atom stereocenters. The van der Waals surface area contributed by atoms with E-state index in [1.807, 2.05) is 0 Å². The van der Waals surface area contributed by atoms with Crippen molar-refractivity contribution >= 4 is 28.2 Å². The summed E-state index contributed by atoms with van der Waals surface area (Å²) in [6.45, 7) is 0. The van der Waals surface area contributed by atoms with Crippen LogP contribution in [-0.4, -0.2) is 14.5 Å². The van der Waals surface area contributed by atoms with Crippen molar-refractivity contribution in [3.8, 4) is 11.4 Å². The molecule has 1 saturated carbocycles. The molecule has 2 heterocycles. The van der Waals surface area contributed by atoms with Gasteiger partial charge >= 0.3 is 0 Å². The van der Waals surface area contributed by atoms with Crippen LogP contribution >= 0.6 is 11.6 Å². The summed E-state index contributed by atoms with van der Waals surface area (Å²) in [5.74, 6) is 0.0394. The van der Waals surface area contributed by atoms with Crippen molar-refractivity contribution in [2.75, 3.05) is 5.73 Å². The van der Waals surface area contributed by atoms with Gasteiger partial charge in [0.25, 0.3) is 5.56 Å². The third-order valence-electron chi connectivity index (χ3n) is 4.28. The Morgan fingerprint density at radius 3 is 2.79 bits per heavy atom. The van der Waals surface area contributed by atoms with Crippen molar-refractivity contribution in [3.05, 3.63) is 51.3 Å². The van der Waals surface area contributed by atoms with Crippen LogP contribution in [0.3, 0.4) is 0 Å². The molecular formula is C17H14ClFN4O. The molecule has 1 aliphatic rings. The van der Waals surface area contributed by atoms with Gasteiger partial charge in [0, 0.05) is 19.2 Å². The Balaban J connectivity index is 1.95. The number of nitrogens with zero attached hydrogens (tertiary/aromatic N) is 3. The number of benzene rings is 1. The van der Waals surface area contributed by atoms with Gasteiger partial charge in [0.05, 0.1) is 16.6 Å². The van der Waals surface area contributed by atoms with E-state index in [1.165, 1.54) is 10.6 Å². The number of anilines is 1. The van der Waals surface area contributed by atoms with Gasteiger partial charge in [0.1, 0.15) is 16.7 Å². The SMILES string of the molecule is Cn1ccc2cc(-c3nc(N)c(Cl)c(C4CC4)n3)c(F)cc2c1=O. The Morgan fingerprint density at radius 2 is 2.08 bits per heavy atom. The van der Waals surface area contributed by atoms with E-state index in [0.717, 1.165) is 12.8 Å². The van der Waals surface area contributed by atoms with E-state index < -0.39 is 5.82 Å². The molecule has 0 saturated heterocycles. The molecule has 2 aromatic heterocycles. The van der Waals surface area contributed by atoms with E-state index in [1.54, 1.807) is 25.4 Å². The van der Waals surface area contributed by atoms with Crippen molar-refractivity contribution in [1.82, 2.24) is 14.5 Å². The summed E-state index contributed by atoms with van der Waals surface area (Å²) in [4.78, 5) is 20.7. The summed E-state index contributed by atoms with van der Waals surface area (Å²) in [5, 5.41) is 1.28. The molecule has 0 amide bonds. The molecule has 122 valence electrons. The van der Waals surface area contributed by atoms with Crippen LogP contribution < -0.4 is 11.3 Å². The highest BCUT2D eigenvalue weighted by Gasteiger charge is 2.29. The van der Waals surface area contributed by atoms with Gasteiger partial charge in [0.2, 0.25) is 0 Å². The Morgan fingerprint density at radius 1 is 1.33 bits per heavy atom. The molecule has 2 N–H and O–H groups in total. The number of halogens is 2. The van der Waals surface area contributed by atoms with Crippen LogP contribution in [0, 0.1) is 5.82 Å². The predicted octanol–water partition coefficient (Wildman–Crippen LogP) is 3.25. The molecule has 0 bridgehead atoms. The number of aryl methyl sites for hydroxylation is 1. The number of hydrogen-bond donors (Lipinski definition) is 1. The summed E-state index contributed by atoms with van der Waals surface area (Å²) in [6, 6.07) is 4.55. The number of rotatable bonds is 2. The van der Waals surface area contributed by atoms with Gasteiger partial charge in [-0.2, -0.15) is 0 Å². The molecular weight excluding hydrogens is 331 g/mol. The van der Waals surface area contributed by atoms with Gasteiger partial charge in [-0.25, -0.2) is 14.4 Å². The van der Waals surface area contributed by atoms with Crippen LogP contribution in [-0.2, 0) is 7.05 Å². The zero-order valence-electron chi connectivity index (χ0n) is 12.9. The summed E-state index contributed by atoms with van der Waals surface area (Å²) in [6.07, 6.45) is 3.62. The zero-order chi connectivity index (χ0) is 17.0. The summed E-state index contributed by atoms with van der Waals surface area (Å²) >= 11 is 6.17. The third kappa shape index (κ3) is 2.34. The van der Waals surface area contributed by atoms with E-state index in [-0.39, 0.29) is 28.7 Å². The first-order chi connectivity index (χ1) is 11.5. The van der Waals surface area contributed by atoms with Crippen LogP contribution in [0.25, 0.3) is 22.2 Å². The summed E-state index contributed by atoms with van der Waals surface area (Å²) < 4.78 is 16.0. The van der Waals surface area contributed by atoms with Gasteiger partial charge in [-0.05, 0) is 36.4 Å². The molecule has 0 aliphatic heterocycles. The molecule has 24 heavy (non-hydrogen) atoms. The average molecular weight is 345 g/mol. The number of nitrogens with two attached hydrogens (primary N) is 1. The quantitative estimate of drug-likeness (QED) is 0.774. The van der Waals surface area contributed by atoms with Crippen molar-refractivity contribution < 1.29 is 4.39 Å². The molecule has 1 aromatic carbocycles. The fourth-order valence-corrected chi connectivity index (χ4v) is 3.00. The first-order valence-electron chi connectivity index (χ1n) is 7.58. The Kier molecular flexibility index (Phi) is 3.31.